The first-order valence-electron chi connectivity index (χ1n) is 13.4. The Morgan fingerprint density at radius 3 is 2.46 bits per heavy atom. The Balaban J connectivity index is 1.28. The van der Waals surface area contributed by atoms with Gasteiger partial charge in [0.15, 0.2) is 6.73 Å². The average molecular weight is 535 g/mol. The van der Waals surface area contributed by atoms with Crippen molar-refractivity contribution in [1.29, 1.82) is 0 Å². The van der Waals surface area contributed by atoms with Gasteiger partial charge < -0.3 is 9.30 Å². The van der Waals surface area contributed by atoms with Crippen molar-refractivity contribution in [2.24, 2.45) is 0 Å². The van der Waals surface area contributed by atoms with Crippen LogP contribution in [0.4, 0.5) is 0 Å². The maximum Gasteiger partial charge on any atom is 0.184 e. The minimum Gasteiger partial charge on any atom is -0.469 e. The number of hydrogen-bond acceptors (Lipinski definition) is 5. The van der Waals surface area contributed by atoms with Crippen LogP contribution in [0.15, 0.2) is 128 Å². The monoisotopic (exact) mass is 534 g/mol. The van der Waals surface area contributed by atoms with E-state index in [1.54, 1.807) is 11.0 Å². The van der Waals surface area contributed by atoms with Crippen molar-refractivity contribution in [3.05, 3.63) is 150 Å². The van der Waals surface area contributed by atoms with E-state index < -0.39 is 0 Å². The molecule has 3 heterocycles. The zero-order valence-electron chi connectivity index (χ0n) is 22.2. The van der Waals surface area contributed by atoms with Crippen LogP contribution in [0.3, 0.4) is 0 Å². The molecule has 0 saturated heterocycles. The summed E-state index contributed by atoms with van der Waals surface area (Å²) in [4.78, 5) is 4.80. The molecule has 7 heteroatoms. The van der Waals surface area contributed by atoms with Crippen LogP contribution in [-0.2, 0) is 6.73 Å². The molecule has 0 bridgehead atoms. The third kappa shape index (κ3) is 5.08. The maximum absolute atomic E-state index is 6.21. The molecule has 0 aliphatic carbocycles. The van der Waals surface area contributed by atoms with Crippen LogP contribution >= 0.6 is 0 Å². The van der Waals surface area contributed by atoms with Gasteiger partial charge in [0.1, 0.15) is 12.1 Å². The normalized spacial score (nSPS) is 12.3. The Morgan fingerprint density at radius 1 is 0.732 bits per heavy atom. The van der Waals surface area contributed by atoms with Crippen molar-refractivity contribution in [3.8, 4) is 5.75 Å². The van der Waals surface area contributed by atoms with Crippen molar-refractivity contribution in [2.45, 2.75) is 12.8 Å². The van der Waals surface area contributed by atoms with E-state index in [1.165, 1.54) is 5.56 Å². The molecule has 0 N–H and O–H groups in total. The lowest BCUT2D eigenvalue weighted by Gasteiger charge is -2.23. The second-order valence-electron chi connectivity index (χ2n) is 9.79. The third-order valence-corrected chi connectivity index (χ3v) is 7.13. The number of tetrazole rings is 1. The second kappa shape index (κ2) is 10.9. The molecule has 1 atom stereocenters. The summed E-state index contributed by atoms with van der Waals surface area (Å²) in [6.45, 7) is 0.219. The fraction of sp³-hybridized carbons (Fsp3) is 0.0588. The summed E-state index contributed by atoms with van der Waals surface area (Å²) in [6.07, 6.45) is 7.86. The van der Waals surface area contributed by atoms with E-state index in [4.69, 9.17) is 9.72 Å². The standard InChI is InChI=1S/C34H26N6O/c1-2-10-27(11-3-1)33(40-21-20-28-12-7-15-32(34(28)40)41-24-39-23-35-37-38-39)29-13-6-8-25(22-29)16-18-30-19-17-26-9-4-5-14-31(26)36-30/h1-23,33H,24H2/b18-16+. The number of pyridine rings is 1. The number of rotatable bonds is 8. The highest BCUT2D eigenvalue weighted by Gasteiger charge is 2.20. The van der Waals surface area contributed by atoms with Gasteiger partial charge in [0, 0.05) is 17.0 Å². The van der Waals surface area contributed by atoms with Crippen molar-refractivity contribution >= 4 is 34.0 Å². The third-order valence-electron chi connectivity index (χ3n) is 7.13. The molecule has 0 amide bonds. The second-order valence-corrected chi connectivity index (χ2v) is 9.79. The van der Waals surface area contributed by atoms with E-state index in [2.05, 4.69) is 117 Å². The summed E-state index contributed by atoms with van der Waals surface area (Å²) in [5, 5.41) is 13.6. The van der Waals surface area contributed by atoms with Crippen LogP contribution in [0.1, 0.15) is 28.4 Å². The van der Waals surface area contributed by atoms with E-state index in [1.807, 2.05) is 36.4 Å². The summed E-state index contributed by atoms with van der Waals surface area (Å²) in [5.74, 6) is 0.766. The van der Waals surface area contributed by atoms with Gasteiger partial charge in [-0.1, -0.05) is 91.0 Å². The van der Waals surface area contributed by atoms with Crippen molar-refractivity contribution < 1.29 is 4.74 Å². The van der Waals surface area contributed by atoms with Crippen LogP contribution in [0.5, 0.6) is 5.75 Å². The van der Waals surface area contributed by atoms with Crippen LogP contribution in [0, 0.1) is 0 Å². The Morgan fingerprint density at radius 2 is 1.56 bits per heavy atom. The lowest BCUT2D eigenvalue weighted by atomic mass is 9.96. The first-order valence-corrected chi connectivity index (χ1v) is 13.4. The zero-order valence-corrected chi connectivity index (χ0v) is 22.2. The molecular weight excluding hydrogens is 508 g/mol. The molecule has 7 aromatic rings. The highest BCUT2D eigenvalue weighted by molar-refractivity contribution is 5.86. The van der Waals surface area contributed by atoms with Gasteiger partial charge in [0.25, 0.3) is 0 Å². The van der Waals surface area contributed by atoms with E-state index in [0.29, 0.717) is 0 Å². The molecule has 0 aliphatic heterocycles. The summed E-state index contributed by atoms with van der Waals surface area (Å²) < 4.78 is 10.0. The molecule has 4 aromatic carbocycles. The molecule has 0 saturated carbocycles. The highest BCUT2D eigenvalue weighted by Crippen LogP contribution is 2.35. The maximum atomic E-state index is 6.21. The molecule has 7 rings (SSSR count). The van der Waals surface area contributed by atoms with E-state index in [9.17, 15) is 0 Å². The average Bonchev–Trinajstić information content (AvgIpc) is 3.71. The van der Waals surface area contributed by atoms with Gasteiger partial charge in [-0.2, -0.15) is 4.68 Å². The Labute approximate surface area is 237 Å². The van der Waals surface area contributed by atoms with E-state index in [-0.39, 0.29) is 12.8 Å². The molecular formula is C34H26N6O. The predicted octanol–water partition coefficient (Wildman–Crippen LogP) is 7.02. The van der Waals surface area contributed by atoms with Gasteiger partial charge in [0.2, 0.25) is 0 Å². The number of aromatic nitrogens is 6. The summed E-state index contributed by atoms with van der Waals surface area (Å²) in [5.41, 5.74) is 6.37. The Hall–Kier alpha value is -5.56. The largest absolute Gasteiger partial charge is 0.469 e. The minimum absolute atomic E-state index is 0.0707. The number of fused-ring (bicyclic) bond motifs is 2. The molecule has 3 aromatic heterocycles. The van der Waals surface area contributed by atoms with Crippen LogP contribution in [-0.4, -0.2) is 29.8 Å². The molecule has 0 spiro atoms. The van der Waals surface area contributed by atoms with Crippen LogP contribution in [0.25, 0.3) is 34.0 Å². The quantitative estimate of drug-likeness (QED) is 0.210. The number of ether oxygens (including phenoxy) is 1. The summed E-state index contributed by atoms with van der Waals surface area (Å²) >= 11 is 0. The van der Waals surface area contributed by atoms with Crippen LogP contribution < -0.4 is 4.74 Å². The summed E-state index contributed by atoms with van der Waals surface area (Å²) in [7, 11) is 0. The fourth-order valence-electron chi connectivity index (χ4n) is 5.23. The molecule has 198 valence electrons. The van der Waals surface area contributed by atoms with Gasteiger partial charge in [-0.15, -0.1) is 5.10 Å². The highest BCUT2D eigenvalue weighted by atomic mass is 16.5. The van der Waals surface area contributed by atoms with Gasteiger partial charge >= 0.3 is 0 Å². The smallest absolute Gasteiger partial charge is 0.184 e. The lowest BCUT2D eigenvalue weighted by Crippen LogP contribution is -2.13. The number of nitrogens with zero attached hydrogens (tertiary/aromatic N) is 6. The van der Waals surface area contributed by atoms with E-state index >= 15 is 0 Å². The van der Waals surface area contributed by atoms with Crippen LogP contribution in [0.2, 0.25) is 0 Å². The number of hydrogen-bond donors (Lipinski definition) is 0. The van der Waals surface area contributed by atoms with Crippen molar-refractivity contribution in [3.63, 3.8) is 0 Å². The molecule has 0 radical (unpaired) electrons. The minimum atomic E-state index is -0.0707. The van der Waals surface area contributed by atoms with Gasteiger partial charge in [-0.25, -0.2) is 4.98 Å². The lowest BCUT2D eigenvalue weighted by molar-refractivity contribution is 0.220. The molecule has 41 heavy (non-hydrogen) atoms. The van der Waals surface area contributed by atoms with Gasteiger partial charge in [0.05, 0.1) is 22.8 Å². The molecule has 1 unspecified atom stereocenters. The fourth-order valence-corrected chi connectivity index (χ4v) is 5.23. The predicted molar refractivity (Wildman–Crippen MR) is 161 cm³/mol. The zero-order chi connectivity index (χ0) is 27.4. The van der Waals surface area contributed by atoms with Gasteiger partial charge in [-0.05, 0) is 63.5 Å². The number of benzene rings is 4. The topological polar surface area (TPSA) is 70.7 Å². The Kier molecular flexibility index (Phi) is 6.51. The Bertz CT molecular complexity index is 1960. The summed E-state index contributed by atoms with van der Waals surface area (Å²) in [6, 6.07) is 39.7. The first-order chi connectivity index (χ1) is 20.3. The molecule has 0 aliphatic rings. The number of para-hydroxylation sites is 2. The SMILES string of the molecule is C(=C\c1ccc2ccccc2n1)/c1cccc(C(c2ccccc2)n2ccc3cccc(OCn4cnnn4)c32)c1. The van der Waals surface area contributed by atoms with Crippen molar-refractivity contribution in [2.75, 3.05) is 0 Å². The molecule has 7 nitrogen and oxygen atoms in total. The van der Waals surface area contributed by atoms with Gasteiger partial charge in [-0.3, -0.25) is 0 Å². The van der Waals surface area contributed by atoms with Crippen molar-refractivity contribution in [1.82, 2.24) is 29.8 Å². The molecule has 0 fully saturated rings. The van der Waals surface area contributed by atoms with E-state index in [0.717, 1.165) is 44.4 Å². The first kappa shape index (κ1) is 24.5.